The van der Waals surface area contributed by atoms with Gasteiger partial charge in [-0.2, -0.15) is 0 Å². The summed E-state index contributed by atoms with van der Waals surface area (Å²) in [5, 5.41) is 11.1. The number of rotatable bonds is 8. The van der Waals surface area contributed by atoms with Gasteiger partial charge in [0, 0.05) is 16.2 Å². The Morgan fingerprint density at radius 1 is 1.03 bits per heavy atom. The van der Waals surface area contributed by atoms with Gasteiger partial charge in [-0.15, -0.1) is 11.8 Å². The van der Waals surface area contributed by atoms with Gasteiger partial charge in [-0.3, -0.25) is 10.0 Å². The van der Waals surface area contributed by atoms with Gasteiger partial charge in [-0.25, -0.2) is 9.87 Å². The zero-order valence-corrected chi connectivity index (χ0v) is 20.4. The number of thioether (sulfide) groups is 1. The molecule has 2 N–H and O–H groups in total. The van der Waals surface area contributed by atoms with Crippen LogP contribution in [0.4, 0.5) is 4.39 Å². The van der Waals surface area contributed by atoms with E-state index in [9.17, 15) is 9.18 Å². The zero-order valence-electron chi connectivity index (χ0n) is 18.4. The first kappa shape index (κ1) is 24.2. The van der Waals surface area contributed by atoms with Gasteiger partial charge in [0.2, 0.25) is 9.04 Å². The highest BCUT2D eigenvalue weighted by Crippen LogP contribution is 2.31. The van der Waals surface area contributed by atoms with Gasteiger partial charge in [0.25, 0.3) is 5.91 Å². The number of hydrogen-bond donors (Lipinski definition) is 2. The average molecular weight is 470 g/mol. The lowest BCUT2D eigenvalue weighted by Gasteiger charge is -2.34. The normalized spacial score (nSPS) is 12.6. The van der Waals surface area contributed by atoms with Crippen LogP contribution >= 0.6 is 11.8 Å². The van der Waals surface area contributed by atoms with Crippen LogP contribution in [0.2, 0.25) is 0 Å². The Hall–Kier alpha value is -2.45. The Morgan fingerprint density at radius 2 is 1.59 bits per heavy atom. The summed E-state index contributed by atoms with van der Waals surface area (Å²) in [5.74, 6) is -0.672. The maximum absolute atomic E-state index is 14.6. The number of hydroxylamine groups is 1. The molecule has 0 spiro atoms. The van der Waals surface area contributed by atoms with E-state index >= 15 is 0 Å². The molecule has 0 heterocycles. The van der Waals surface area contributed by atoms with Crippen LogP contribution in [0.15, 0.2) is 83.8 Å². The minimum atomic E-state index is -1.96. The lowest BCUT2D eigenvalue weighted by atomic mass is 9.90. The molecule has 0 saturated heterocycles. The third kappa shape index (κ3) is 6.29. The molecule has 1 amide bonds. The first-order valence-electron chi connectivity index (χ1n) is 10.4. The van der Waals surface area contributed by atoms with Gasteiger partial charge in [-0.05, 0) is 34.0 Å². The van der Waals surface area contributed by atoms with E-state index in [-0.39, 0.29) is 17.1 Å². The Kier molecular flexibility index (Phi) is 8.25. The predicted molar refractivity (Wildman–Crippen MR) is 130 cm³/mol. The molecule has 0 fully saturated rings. The Bertz CT molecular complexity index is 989. The summed E-state index contributed by atoms with van der Waals surface area (Å²) >= 11 is 1.37. The second-order valence-electron chi connectivity index (χ2n) is 8.59. The van der Waals surface area contributed by atoms with Crippen molar-refractivity contribution in [3.63, 3.8) is 0 Å². The van der Waals surface area contributed by atoms with E-state index in [1.54, 1.807) is 6.07 Å². The molecule has 4 nitrogen and oxygen atoms in total. The van der Waals surface area contributed by atoms with Crippen molar-refractivity contribution in [1.29, 1.82) is 0 Å². The number of amides is 1. The topological polar surface area (TPSA) is 58.6 Å². The summed E-state index contributed by atoms with van der Waals surface area (Å²) in [7, 11) is -1.96. The predicted octanol–water partition coefficient (Wildman–Crippen LogP) is 4.01. The molecule has 0 bridgehead atoms. The molecule has 3 aromatic carbocycles. The fourth-order valence-electron chi connectivity index (χ4n) is 3.25. The maximum atomic E-state index is 14.6. The van der Waals surface area contributed by atoms with Crippen LogP contribution in [0.3, 0.4) is 0 Å². The molecule has 0 aliphatic heterocycles. The molecule has 168 valence electrons. The minimum absolute atomic E-state index is 0.0681. The van der Waals surface area contributed by atoms with E-state index in [0.717, 1.165) is 6.07 Å². The molecule has 32 heavy (non-hydrogen) atoms. The molecule has 0 saturated carbocycles. The van der Waals surface area contributed by atoms with Crippen LogP contribution in [0.5, 0.6) is 0 Å². The summed E-state index contributed by atoms with van der Waals surface area (Å²) < 4.78 is 21.4. The molecule has 0 aliphatic rings. The van der Waals surface area contributed by atoms with Crippen LogP contribution in [0.25, 0.3) is 0 Å². The largest absolute Gasteiger partial charge is 0.407 e. The molecule has 0 aliphatic carbocycles. The van der Waals surface area contributed by atoms with Gasteiger partial charge in [-0.1, -0.05) is 81.4 Å². The molecular weight excluding hydrogens is 441 g/mol. The maximum Gasteiger partial charge on any atom is 0.274 e. The number of carbonyl (C=O) groups excluding carboxylic acids is 1. The quantitative estimate of drug-likeness (QED) is 0.227. The molecule has 1 unspecified atom stereocenters. The third-order valence-corrected chi connectivity index (χ3v) is 8.85. The van der Waals surface area contributed by atoms with Gasteiger partial charge < -0.3 is 4.43 Å². The Balaban J connectivity index is 1.82. The zero-order chi connectivity index (χ0) is 23.1. The number of halogens is 1. The van der Waals surface area contributed by atoms with Crippen LogP contribution in [-0.2, 0) is 4.43 Å². The van der Waals surface area contributed by atoms with Crippen LogP contribution < -0.4 is 15.9 Å². The molecule has 0 radical (unpaired) electrons. The van der Waals surface area contributed by atoms with Crippen LogP contribution in [0.1, 0.15) is 31.1 Å². The van der Waals surface area contributed by atoms with E-state index in [1.165, 1.54) is 33.7 Å². The molecule has 7 heteroatoms. The van der Waals surface area contributed by atoms with E-state index in [2.05, 4.69) is 45.0 Å². The number of nitrogens with one attached hydrogen (secondary N) is 1. The van der Waals surface area contributed by atoms with Crippen molar-refractivity contribution >= 4 is 37.1 Å². The fourth-order valence-corrected chi connectivity index (χ4v) is 7.34. The first-order chi connectivity index (χ1) is 15.3. The minimum Gasteiger partial charge on any atom is -0.407 e. The second-order valence-corrected chi connectivity index (χ2v) is 12.0. The smallest absolute Gasteiger partial charge is 0.274 e. The van der Waals surface area contributed by atoms with Crippen molar-refractivity contribution in [1.82, 2.24) is 5.48 Å². The molecule has 0 aromatic heterocycles. The second kappa shape index (κ2) is 10.9. The van der Waals surface area contributed by atoms with Crippen molar-refractivity contribution in [3.05, 3.63) is 90.2 Å². The van der Waals surface area contributed by atoms with Crippen LogP contribution in [0, 0.1) is 11.2 Å². The van der Waals surface area contributed by atoms with E-state index in [0.29, 0.717) is 10.6 Å². The van der Waals surface area contributed by atoms with E-state index < -0.39 is 20.8 Å². The Labute approximate surface area is 194 Å². The highest BCUT2D eigenvalue weighted by atomic mass is 32.2. The van der Waals surface area contributed by atoms with Gasteiger partial charge >= 0.3 is 0 Å². The van der Waals surface area contributed by atoms with Gasteiger partial charge in [0.15, 0.2) is 0 Å². The highest BCUT2D eigenvalue weighted by Gasteiger charge is 2.31. The monoisotopic (exact) mass is 469 g/mol. The summed E-state index contributed by atoms with van der Waals surface area (Å²) in [4.78, 5) is 12.0. The van der Waals surface area contributed by atoms with Crippen molar-refractivity contribution in [3.8, 4) is 0 Å². The molecule has 1 atom stereocenters. The Morgan fingerprint density at radius 3 is 2.06 bits per heavy atom. The lowest BCUT2D eigenvalue weighted by Crippen LogP contribution is -2.50. The van der Waals surface area contributed by atoms with E-state index in [1.807, 2.05) is 36.4 Å². The summed E-state index contributed by atoms with van der Waals surface area (Å²) in [6, 6.07) is 24.8. The summed E-state index contributed by atoms with van der Waals surface area (Å²) in [5.41, 5.74) is 1.43. The average Bonchev–Trinajstić information content (AvgIpc) is 2.79. The van der Waals surface area contributed by atoms with Crippen molar-refractivity contribution in [2.24, 2.45) is 5.41 Å². The summed E-state index contributed by atoms with van der Waals surface area (Å²) in [6.45, 7) is 6.39. The standard InChI is InChI=1S/C25H28FNO3SSi/c1-25(2,3)23(17-31-22-15-14-18(16-21(22)26)24(28)27-29)30-32(19-10-6-4-7-11-19)20-12-8-5-9-13-20/h4-16,23,29,32H,17H2,1-3H3,(H,27,28). The highest BCUT2D eigenvalue weighted by molar-refractivity contribution is 7.99. The lowest BCUT2D eigenvalue weighted by molar-refractivity contribution is 0.0705. The van der Waals surface area contributed by atoms with Crippen molar-refractivity contribution in [2.75, 3.05) is 5.75 Å². The summed E-state index contributed by atoms with van der Waals surface area (Å²) in [6.07, 6.45) is -0.121. The van der Waals surface area contributed by atoms with Gasteiger partial charge in [0.05, 0.1) is 6.10 Å². The molecule has 3 aromatic rings. The molecule has 3 rings (SSSR count). The van der Waals surface area contributed by atoms with Crippen molar-refractivity contribution < 1.29 is 18.8 Å². The number of hydrogen-bond acceptors (Lipinski definition) is 4. The van der Waals surface area contributed by atoms with Gasteiger partial charge in [0.1, 0.15) is 5.82 Å². The first-order valence-corrected chi connectivity index (χ1v) is 13.0. The SMILES string of the molecule is CC(C)(C)C(CSc1ccc(C(=O)NO)cc1F)O[SiH](c1ccccc1)c1ccccc1. The van der Waals surface area contributed by atoms with Crippen molar-refractivity contribution in [2.45, 2.75) is 31.8 Å². The third-order valence-electron chi connectivity index (χ3n) is 5.16. The molecular formula is C25H28FNO3SSi. The number of benzene rings is 3. The number of carbonyl (C=O) groups is 1. The van der Waals surface area contributed by atoms with E-state index in [4.69, 9.17) is 9.63 Å². The van der Waals surface area contributed by atoms with Crippen LogP contribution in [-0.4, -0.2) is 32.0 Å². The fraction of sp³-hybridized carbons (Fsp3) is 0.240.